The van der Waals surface area contributed by atoms with Crippen LogP contribution in [0.1, 0.15) is 38.5 Å². The fraction of sp³-hybridized carbons (Fsp3) is 0.652. The number of rotatable bonds is 3. The number of ether oxygens (including phenoxy) is 2. The number of amides is 3. The third-order valence-corrected chi connectivity index (χ3v) is 6.90. The smallest absolute Gasteiger partial charge is 0.322 e. The predicted octanol–water partition coefficient (Wildman–Crippen LogP) is 3.54. The lowest BCUT2D eigenvalue weighted by atomic mass is 9.94. The summed E-state index contributed by atoms with van der Waals surface area (Å²) in [6.07, 6.45) is 3.56. The minimum Gasteiger partial charge on any atom is -0.389 e. The molecular formula is C23H31Cl2N3O5. The first-order chi connectivity index (χ1) is 15.9. The molecule has 10 heteroatoms. The van der Waals surface area contributed by atoms with Gasteiger partial charge in [-0.25, -0.2) is 4.79 Å². The van der Waals surface area contributed by atoms with Crippen LogP contribution >= 0.6 is 23.2 Å². The number of aliphatic hydroxyl groups excluding tert-OH is 1. The molecule has 3 saturated heterocycles. The zero-order valence-electron chi connectivity index (χ0n) is 18.6. The van der Waals surface area contributed by atoms with Gasteiger partial charge < -0.3 is 29.7 Å². The van der Waals surface area contributed by atoms with Crippen LogP contribution in [-0.4, -0.2) is 84.0 Å². The molecule has 3 aliphatic rings. The van der Waals surface area contributed by atoms with Gasteiger partial charge in [0, 0.05) is 28.8 Å². The Kier molecular flexibility index (Phi) is 8.35. The Bertz CT molecular complexity index is 831. The third kappa shape index (κ3) is 6.51. The summed E-state index contributed by atoms with van der Waals surface area (Å²) >= 11 is 12.1. The maximum Gasteiger partial charge on any atom is 0.322 e. The average molecular weight is 500 g/mol. The summed E-state index contributed by atoms with van der Waals surface area (Å²) in [7, 11) is 0. The molecule has 3 fully saturated rings. The molecular weight excluding hydrogens is 469 g/mol. The van der Waals surface area contributed by atoms with Crippen LogP contribution in [0.5, 0.6) is 0 Å². The Balaban J connectivity index is 1.42. The van der Waals surface area contributed by atoms with Crippen molar-refractivity contribution < 1.29 is 24.2 Å². The lowest BCUT2D eigenvalue weighted by Crippen LogP contribution is -2.58. The van der Waals surface area contributed by atoms with E-state index in [0.717, 1.165) is 25.9 Å². The second kappa shape index (κ2) is 11.2. The number of nitrogens with one attached hydrogen (secondary N) is 1. The second-order valence-corrected chi connectivity index (χ2v) is 9.89. The first kappa shape index (κ1) is 24.5. The van der Waals surface area contributed by atoms with Gasteiger partial charge >= 0.3 is 6.03 Å². The number of likely N-dealkylation sites (tertiary alicyclic amines) is 1. The van der Waals surface area contributed by atoms with E-state index in [1.54, 1.807) is 23.1 Å². The van der Waals surface area contributed by atoms with Gasteiger partial charge in [-0.3, -0.25) is 4.79 Å². The SMILES string of the molecule is O=C(C[C@H]1CC[C@H]2[C@@H](COC[C@H](O)CN2C(=O)Nc2cc(Cl)cc(Cl)c2)O1)N1CCCCC1. The number of benzene rings is 1. The highest BCUT2D eigenvalue weighted by molar-refractivity contribution is 6.35. The molecule has 33 heavy (non-hydrogen) atoms. The van der Waals surface area contributed by atoms with Gasteiger partial charge in [0.15, 0.2) is 0 Å². The van der Waals surface area contributed by atoms with Gasteiger partial charge in [-0.15, -0.1) is 0 Å². The maximum atomic E-state index is 13.2. The molecule has 3 heterocycles. The Hall–Kier alpha value is -1.58. The fourth-order valence-electron chi connectivity index (χ4n) is 4.86. The number of aliphatic hydroxyl groups is 1. The van der Waals surface area contributed by atoms with Crippen LogP contribution in [0, 0.1) is 0 Å². The molecule has 182 valence electrons. The Morgan fingerprint density at radius 1 is 1.06 bits per heavy atom. The number of fused-ring (bicyclic) bond motifs is 1. The van der Waals surface area contributed by atoms with Crippen molar-refractivity contribution in [1.29, 1.82) is 0 Å². The second-order valence-electron chi connectivity index (χ2n) is 9.02. The van der Waals surface area contributed by atoms with Crippen molar-refractivity contribution in [3.8, 4) is 0 Å². The quantitative estimate of drug-likeness (QED) is 0.663. The van der Waals surface area contributed by atoms with Gasteiger partial charge in [0.1, 0.15) is 6.10 Å². The van der Waals surface area contributed by atoms with Crippen molar-refractivity contribution in [3.63, 3.8) is 0 Å². The lowest BCUT2D eigenvalue weighted by molar-refractivity contribution is -0.154. The molecule has 0 aliphatic carbocycles. The largest absolute Gasteiger partial charge is 0.389 e. The summed E-state index contributed by atoms with van der Waals surface area (Å²) in [6, 6.07) is 4.18. The van der Waals surface area contributed by atoms with Gasteiger partial charge in [-0.2, -0.15) is 0 Å². The van der Waals surface area contributed by atoms with E-state index in [4.69, 9.17) is 32.7 Å². The molecule has 0 spiro atoms. The molecule has 1 aromatic rings. The summed E-state index contributed by atoms with van der Waals surface area (Å²) < 4.78 is 11.9. The number of β-amino-alcohol motifs (C(OH)–C–C–N with tert-alkyl or cyclic N) is 1. The highest BCUT2D eigenvalue weighted by atomic mass is 35.5. The van der Waals surface area contributed by atoms with Crippen molar-refractivity contribution in [2.75, 3.05) is 38.2 Å². The Morgan fingerprint density at radius 2 is 1.79 bits per heavy atom. The van der Waals surface area contributed by atoms with Crippen molar-refractivity contribution >= 4 is 40.8 Å². The van der Waals surface area contributed by atoms with Gasteiger partial charge in [0.2, 0.25) is 5.91 Å². The van der Waals surface area contributed by atoms with Crippen molar-refractivity contribution in [2.45, 2.75) is 62.9 Å². The normalized spacial score (nSPS) is 28.5. The molecule has 0 aromatic heterocycles. The van der Waals surface area contributed by atoms with E-state index in [1.807, 2.05) is 4.90 Å². The summed E-state index contributed by atoms with van der Waals surface area (Å²) in [5.74, 6) is 0.132. The number of carbonyl (C=O) groups excluding carboxylic acids is 2. The molecule has 3 amide bonds. The zero-order chi connectivity index (χ0) is 23.4. The van der Waals surface area contributed by atoms with Crippen LogP contribution in [0.25, 0.3) is 0 Å². The first-order valence-electron chi connectivity index (χ1n) is 11.6. The number of halogens is 2. The molecule has 0 unspecified atom stereocenters. The van der Waals surface area contributed by atoms with Crippen LogP contribution < -0.4 is 5.32 Å². The van der Waals surface area contributed by atoms with Crippen molar-refractivity contribution in [2.24, 2.45) is 0 Å². The van der Waals surface area contributed by atoms with Gasteiger partial charge in [-0.05, 0) is 50.3 Å². The topological polar surface area (TPSA) is 91.3 Å². The van der Waals surface area contributed by atoms with Gasteiger partial charge in [0.05, 0.1) is 44.4 Å². The number of urea groups is 1. The predicted molar refractivity (Wildman–Crippen MR) is 126 cm³/mol. The van der Waals surface area contributed by atoms with E-state index >= 15 is 0 Å². The number of carbonyl (C=O) groups is 2. The van der Waals surface area contributed by atoms with Crippen LogP contribution in [0.15, 0.2) is 18.2 Å². The molecule has 8 nitrogen and oxygen atoms in total. The standard InChI is InChI=1S/C23H31Cl2N3O5/c24-15-8-16(25)10-17(9-15)26-23(31)28-12-18(29)13-32-14-21-20(28)5-4-19(33-21)11-22(30)27-6-2-1-3-7-27/h8-10,18-21,29H,1-7,11-14H2,(H,26,31)/t18-,19-,20+,21-/m1/s1. The molecule has 4 rings (SSSR count). The molecule has 0 radical (unpaired) electrons. The summed E-state index contributed by atoms with van der Waals surface area (Å²) in [5.41, 5.74) is 0.476. The number of nitrogens with zero attached hydrogens (tertiary/aromatic N) is 2. The zero-order valence-corrected chi connectivity index (χ0v) is 20.1. The highest BCUT2D eigenvalue weighted by Gasteiger charge is 2.40. The summed E-state index contributed by atoms with van der Waals surface area (Å²) in [4.78, 5) is 29.4. The summed E-state index contributed by atoms with van der Waals surface area (Å²) in [5, 5.41) is 14.0. The van der Waals surface area contributed by atoms with E-state index in [0.29, 0.717) is 35.0 Å². The number of hydrogen-bond acceptors (Lipinski definition) is 5. The third-order valence-electron chi connectivity index (χ3n) is 6.47. The van der Waals surface area contributed by atoms with Gasteiger partial charge in [0.25, 0.3) is 0 Å². The van der Waals surface area contributed by atoms with E-state index in [9.17, 15) is 14.7 Å². The average Bonchev–Trinajstić information content (AvgIpc) is 2.76. The Morgan fingerprint density at radius 3 is 2.52 bits per heavy atom. The van der Waals surface area contributed by atoms with Crippen LogP contribution in [0.4, 0.5) is 10.5 Å². The number of hydrogen-bond donors (Lipinski definition) is 2. The van der Waals surface area contributed by atoms with E-state index in [1.165, 1.54) is 6.42 Å². The van der Waals surface area contributed by atoms with E-state index < -0.39 is 6.10 Å². The van der Waals surface area contributed by atoms with Crippen LogP contribution in [-0.2, 0) is 14.3 Å². The van der Waals surface area contributed by atoms with Gasteiger partial charge in [-0.1, -0.05) is 23.2 Å². The van der Waals surface area contributed by atoms with E-state index in [-0.39, 0.29) is 49.9 Å². The molecule has 1 aromatic carbocycles. The minimum absolute atomic E-state index is 0.108. The first-order valence-corrected chi connectivity index (χ1v) is 12.4. The maximum absolute atomic E-state index is 13.2. The van der Waals surface area contributed by atoms with Crippen molar-refractivity contribution in [1.82, 2.24) is 9.80 Å². The number of piperidine rings is 1. The van der Waals surface area contributed by atoms with Crippen molar-refractivity contribution in [3.05, 3.63) is 28.2 Å². The fourth-order valence-corrected chi connectivity index (χ4v) is 5.39. The lowest BCUT2D eigenvalue weighted by Gasteiger charge is -2.44. The van der Waals surface area contributed by atoms with Crippen LogP contribution in [0.2, 0.25) is 10.0 Å². The molecule has 2 N–H and O–H groups in total. The Labute approximate surface area is 204 Å². The highest BCUT2D eigenvalue weighted by Crippen LogP contribution is 2.29. The number of anilines is 1. The van der Waals surface area contributed by atoms with E-state index in [2.05, 4.69) is 5.32 Å². The molecule has 0 bridgehead atoms. The summed E-state index contributed by atoms with van der Waals surface area (Å²) in [6.45, 7) is 2.11. The molecule has 3 aliphatic heterocycles. The monoisotopic (exact) mass is 499 g/mol. The molecule has 0 saturated carbocycles. The molecule has 4 atom stereocenters. The minimum atomic E-state index is -0.807. The van der Waals surface area contributed by atoms with Crippen LogP contribution in [0.3, 0.4) is 0 Å².